The third kappa shape index (κ3) is 2.65. The first-order valence-electron chi connectivity index (χ1n) is 7.49. The number of rotatable bonds is 1. The van der Waals surface area contributed by atoms with Crippen LogP contribution in [0.4, 0.5) is 0 Å². The van der Waals surface area contributed by atoms with Gasteiger partial charge in [-0.25, -0.2) is 0 Å². The van der Waals surface area contributed by atoms with E-state index in [1.54, 1.807) is 0 Å². The van der Waals surface area contributed by atoms with E-state index in [1.807, 2.05) is 4.90 Å². The fourth-order valence-electron chi connectivity index (χ4n) is 3.55. The Hall–Kier alpha value is -0.610. The molecule has 0 bridgehead atoms. The summed E-state index contributed by atoms with van der Waals surface area (Å²) in [6.07, 6.45) is 1.88. The van der Waals surface area contributed by atoms with Crippen molar-refractivity contribution in [2.75, 3.05) is 19.8 Å². The summed E-state index contributed by atoms with van der Waals surface area (Å²) in [4.78, 5) is 14.9. The molecule has 2 aliphatic rings. The summed E-state index contributed by atoms with van der Waals surface area (Å²) >= 11 is 0. The van der Waals surface area contributed by atoms with Crippen LogP contribution in [-0.4, -0.2) is 42.6 Å². The summed E-state index contributed by atoms with van der Waals surface area (Å²) < 4.78 is 5.43. The first kappa shape index (κ1) is 14.8. The Morgan fingerprint density at radius 3 is 2.63 bits per heavy atom. The second-order valence-corrected chi connectivity index (χ2v) is 6.86. The van der Waals surface area contributed by atoms with Crippen molar-refractivity contribution in [3.8, 4) is 0 Å². The molecule has 1 saturated carbocycles. The standard InChI is InChI=1S/C15H28N2O2/c1-10-9-19-8-7-17(10)14(18)12-5-6-13(16)11(2)15(12,3)4/h10-13H,5-9,16H2,1-4H3. The monoisotopic (exact) mass is 268 g/mol. The van der Waals surface area contributed by atoms with Gasteiger partial charge in [0.05, 0.1) is 19.3 Å². The van der Waals surface area contributed by atoms with Crippen LogP contribution in [0.15, 0.2) is 0 Å². The highest BCUT2D eigenvalue weighted by molar-refractivity contribution is 5.80. The van der Waals surface area contributed by atoms with Crippen molar-refractivity contribution >= 4 is 5.91 Å². The van der Waals surface area contributed by atoms with Gasteiger partial charge in [-0.3, -0.25) is 4.79 Å². The molecule has 4 heteroatoms. The molecule has 0 aromatic heterocycles. The van der Waals surface area contributed by atoms with Gasteiger partial charge in [0.1, 0.15) is 0 Å². The molecule has 0 spiro atoms. The molecule has 1 heterocycles. The molecule has 4 unspecified atom stereocenters. The third-order valence-corrected chi connectivity index (χ3v) is 5.45. The zero-order valence-corrected chi connectivity index (χ0v) is 12.7. The smallest absolute Gasteiger partial charge is 0.226 e. The maximum atomic E-state index is 12.9. The lowest BCUT2D eigenvalue weighted by atomic mass is 9.60. The largest absolute Gasteiger partial charge is 0.377 e. The molecule has 4 atom stereocenters. The second-order valence-electron chi connectivity index (χ2n) is 6.86. The third-order valence-electron chi connectivity index (χ3n) is 5.45. The predicted molar refractivity (Wildman–Crippen MR) is 75.6 cm³/mol. The van der Waals surface area contributed by atoms with Crippen molar-refractivity contribution in [3.63, 3.8) is 0 Å². The van der Waals surface area contributed by atoms with Crippen molar-refractivity contribution in [1.29, 1.82) is 0 Å². The van der Waals surface area contributed by atoms with Crippen LogP contribution < -0.4 is 5.73 Å². The summed E-state index contributed by atoms with van der Waals surface area (Å²) in [6, 6.07) is 0.420. The molecule has 1 amide bonds. The van der Waals surface area contributed by atoms with E-state index in [9.17, 15) is 4.79 Å². The molecule has 1 aliphatic heterocycles. The van der Waals surface area contributed by atoms with E-state index < -0.39 is 0 Å². The summed E-state index contributed by atoms with van der Waals surface area (Å²) in [5, 5.41) is 0. The van der Waals surface area contributed by atoms with Crippen molar-refractivity contribution < 1.29 is 9.53 Å². The molecular formula is C15H28N2O2. The van der Waals surface area contributed by atoms with Gasteiger partial charge < -0.3 is 15.4 Å². The Morgan fingerprint density at radius 1 is 1.32 bits per heavy atom. The highest BCUT2D eigenvalue weighted by atomic mass is 16.5. The summed E-state index contributed by atoms with van der Waals surface area (Å²) in [6.45, 7) is 10.7. The minimum atomic E-state index is -0.0211. The SMILES string of the molecule is CC1COCCN1C(=O)C1CCC(N)C(C)C1(C)C. The van der Waals surface area contributed by atoms with Gasteiger partial charge in [-0.2, -0.15) is 0 Å². The molecule has 110 valence electrons. The Bertz CT molecular complexity index is 343. The fourth-order valence-corrected chi connectivity index (χ4v) is 3.55. The van der Waals surface area contributed by atoms with Crippen molar-refractivity contribution in [3.05, 3.63) is 0 Å². The van der Waals surface area contributed by atoms with Gasteiger partial charge in [-0.1, -0.05) is 20.8 Å². The fraction of sp³-hybridized carbons (Fsp3) is 0.933. The first-order chi connectivity index (χ1) is 8.85. The average Bonchev–Trinajstić information content (AvgIpc) is 2.36. The van der Waals surface area contributed by atoms with Crippen LogP contribution in [-0.2, 0) is 9.53 Å². The van der Waals surface area contributed by atoms with Crippen molar-refractivity contribution in [1.82, 2.24) is 4.90 Å². The number of nitrogens with zero attached hydrogens (tertiary/aromatic N) is 1. The Balaban J connectivity index is 2.14. The summed E-state index contributed by atoms with van der Waals surface area (Å²) in [5.74, 6) is 0.786. The van der Waals surface area contributed by atoms with Crippen LogP contribution in [0.1, 0.15) is 40.5 Å². The van der Waals surface area contributed by atoms with Crippen molar-refractivity contribution in [2.24, 2.45) is 23.0 Å². The van der Waals surface area contributed by atoms with Crippen LogP contribution in [0.3, 0.4) is 0 Å². The number of hydrogen-bond acceptors (Lipinski definition) is 3. The molecule has 1 saturated heterocycles. The quantitative estimate of drug-likeness (QED) is 0.786. The van der Waals surface area contributed by atoms with Gasteiger partial charge in [0, 0.05) is 18.5 Å². The number of amides is 1. The van der Waals surface area contributed by atoms with E-state index in [0.29, 0.717) is 25.0 Å². The van der Waals surface area contributed by atoms with Gasteiger partial charge in [0.15, 0.2) is 0 Å². The van der Waals surface area contributed by atoms with E-state index in [-0.39, 0.29) is 23.4 Å². The Kier molecular flexibility index (Phi) is 4.21. The van der Waals surface area contributed by atoms with E-state index in [2.05, 4.69) is 27.7 Å². The minimum absolute atomic E-state index is 0.0211. The van der Waals surface area contributed by atoms with Gasteiger partial charge in [0.25, 0.3) is 0 Å². The molecule has 0 aromatic carbocycles. The molecule has 2 fully saturated rings. The minimum Gasteiger partial charge on any atom is -0.377 e. The summed E-state index contributed by atoms with van der Waals surface area (Å²) in [5.41, 5.74) is 6.16. The number of morpholine rings is 1. The van der Waals surface area contributed by atoms with Crippen molar-refractivity contribution in [2.45, 2.75) is 52.6 Å². The van der Waals surface area contributed by atoms with E-state index in [1.165, 1.54) is 0 Å². The molecule has 0 radical (unpaired) electrons. The zero-order valence-electron chi connectivity index (χ0n) is 12.7. The number of hydrogen-bond donors (Lipinski definition) is 1. The second kappa shape index (κ2) is 5.41. The lowest BCUT2D eigenvalue weighted by Gasteiger charge is -2.48. The van der Waals surface area contributed by atoms with Gasteiger partial charge in [-0.15, -0.1) is 0 Å². The lowest BCUT2D eigenvalue weighted by Crippen LogP contribution is -2.56. The first-order valence-corrected chi connectivity index (χ1v) is 7.49. The van der Waals surface area contributed by atoms with E-state index in [4.69, 9.17) is 10.5 Å². The predicted octanol–water partition coefficient (Wildman–Crippen LogP) is 1.63. The molecule has 4 nitrogen and oxygen atoms in total. The number of carbonyl (C=O) groups is 1. The topological polar surface area (TPSA) is 55.6 Å². The molecule has 2 rings (SSSR count). The Labute approximate surface area is 116 Å². The number of nitrogens with two attached hydrogens (primary N) is 1. The highest BCUT2D eigenvalue weighted by Gasteiger charge is 2.46. The van der Waals surface area contributed by atoms with Gasteiger partial charge in [0.2, 0.25) is 5.91 Å². The molecule has 0 aromatic rings. The maximum absolute atomic E-state index is 12.9. The normalized spacial score (nSPS) is 39.1. The molecule has 19 heavy (non-hydrogen) atoms. The highest BCUT2D eigenvalue weighted by Crippen LogP contribution is 2.45. The molecule has 1 aliphatic carbocycles. The summed E-state index contributed by atoms with van der Waals surface area (Å²) in [7, 11) is 0. The van der Waals surface area contributed by atoms with Gasteiger partial charge in [-0.05, 0) is 31.1 Å². The zero-order chi connectivity index (χ0) is 14.2. The molecular weight excluding hydrogens is 240 g/mol. The van der Waals surface area contributed by atoms with Gasteiger partial charge >= 0.3 is 0 Å². The van der Waals surface area contributed by atoms with Crippen LogP contribution in [0, 0.1) is 17.3 Å². The maximum Gasteiger partial charge on any atom is 0.226 e. The number of ether oxygens (including phenoxy) is 1. The molecule has 2 N–H and O–H groups in total. The van der Waals surface area contributed by atoms with E-state index in [0.717, 1.165) is 19.4 Å². The van der Waals surface area contributed by atoms with Crippen LogP contribution >= 0.6 is 0 Å². The number of carbonyl (C=O) groups excluding carboxylic acids is 1. The van der Waals surface area contributed by atoms with Crippen LogP contribution in [0.25, 0.3) is 0 Å². The van der Waals surface area contributed by atoms with E-state index >= 15 is 0 Å². The van der Waals surface area contributed by atoms with Crippen LogP contribution in [0.2, 0.25) is 0 Å². The lowest BCUT2D eigenvalue weighted by molar-refractivity contribution is -0.151. The Morgan fingerprint density at radius 2 is 2.00 bits per heavy atom. The average molecular weight is 268 g/mol. The van der Waals surface area contributed by atoms with Crippen LogP contribution in [0.5, 0.6) is 0 Å².